The van der Waals surface area contributed by atoms with Gasteiger partial charge >= 0.3 is 0 Å². The van der Waals surface area contributed by atoms with Crippen molar-refractivity contribution in [2.75, 3.05) is 13.1 Å². The summed E-state index contributed by atoms with van der Waals surface area (Å²) in [7, 11) is 0. The summed E-state index contributed by atoms with van der Waals surface area (Å²) in [6, 6.07) is 8.41. The van der Waals surface area contributed by atoms with Crippen LogP contribution in [0.15, 0.2) is 28.7 Å². The van der Waals surface area contributed by atoms with Gasteiger partial charge in [0.15, 0.2) is 0 Å². The first-order valence-corrected chi connectivity index (χ1v) is 7.22. The number of nitrogens with zero attached hydrogens (tertiary/aromatic N) is 1. The van der Waals surface area contributed by atoms with Crippen LogP contribution in [0.25, 0.3) is 0 Å². The number of hydrogen-bond acceptors (Lipinski definition) is 2. The number of nitrogens with two attached hydrogens (primary N) is 1. The van der Waals surface area contributed by atoms with Gasteiger partial charge in [-0.25, -0.2) is 0 Å². The molecule has 0 saturated carbocycles. The molecule has 1 aromatic rings. The van der Waals surface area contributed by atoms with Gasteiger partial charge in [-0.3, -0.25) is 4.79 Å². The zero-order valence-corrected chi connectivity index (χ0v) is 13.3. The predicted octanol–water partition coefficient (Wildman–Crippen LogP) is 2.75. The summed E-state index contributed by atoms with van der Waals surface area (Å²) in [6.45, 7) is 1.64. The van der Waals surface area contributed by atoms with Crippen molar-refractivity contribution in [3.63, 3.8) is 0 Å². The van der Waals surface area contributed by atoms with Gasteiger partial charge in [0.25, 0.3) is 0 Å². The fourth-order valence-electron chi connectivity index (χ4n) is 2.25. The van der Waals surface area contributed by atoms with E-state index in [2.05, 4.69) is 28.1 Å². The quantitative estimate of drug-likeness (QED) is 0.914. The van der Waals surface area contributed by atoms with Crippen LogP contribution in [0.1, 0.15) is 24.8 Å². The lowest BCUT2D eigenvalue weighted by Crippen LogP contribution is -2.42. The van der Waals surface area contributed by atoms with E-state index in [1.165, 1.54) is 5.56 Å². The van der Waals surface area contributed by atoms with Crippen LogP contribution in [0.4, 0.5) is 0 Å². The average Bonchev–Trinajstić information content (AvgIpc) is 2.37. The lowest BCUT2D eigenvalue weighted by molar-refractivity contribution is -0.132. The standard InChI is InChI=1S/C14H19BrN2O.ClH/c15-12-3-1-2-11(10-12)4-5-14(18)17-8-6-13(16)7-9-17;/h1-3,10,13H,4-9,16H2;1H. The fourth-order valence-corrected chi connectivity index (χ4v) is 2.70. The Hall–Kier alpha value is -0.580. The molecule has 2 rings (SSSR count). The van der Waals surface area contributed by atoms with Gasteiger partial charge in [0.1, 0.15) is 0 Å². The van der Waals surface area contributed by atoms with E-state index in [0.717, 1.165) is 36.8 Å². The normalized spacial score (nSPS) is 16.0. The minimum absolute atomic E-state index is 0. The summed E-state index contributed by atoms with van der Waals surface area (Å²) in [4.78, 5) is 14.0. The number of carbonyl (C=O) groups is 1. The number of halogens is 2. The molecule has 0 atom stereocenters. The molecule has 3 nitrogen and oxygen atoms in total. The van der Waals surface area contributed by atoms with E-state index in [1.807, 2.05) is 17.0 Å². The minimum Gasteiger partial charge on any atom is -0.343 e. The summed E-state index contributed by atoms with van der Waals surface area (Å²) >= 11 is 3.44. The van der Waals surface area contributed by atoms with E-state index >= 15 is 0 Å². The van der Waals surface area contributed by atoms with Crippen molar-refractivity contribution in [1.82, 2.24) is 4.90 Å². The van der Waals surface area contributed by atoms with Gasteiger partial charge in [0, 0.05) is 30.0 Å². The van der Waals surface area contributed by atoms with Gasteiger partial charge in [-0.15, -0.1) is 12.4 Å². The molecule has 0 aliphatic carbocycles. The summed E-state index contributed by atoms with van der Waals surface area (Å²) in [5.74, 6) is 0.252. The molecule has 1 amide bonds. The average molecular weight is 348 g/mol. The zero-order chi connectivity index (χ0) is 13.0. The van der Waals surface area contributed by atoms with E-state index in [-0.39, 0.29) is 24.4 Å². The highest BCUT2D eigenvalue weighted by Crippen LogP contribution is 2.15. The van der Waals surface area contributed by atoms with Gasteiger partial charge in [-0.2, -0.15) is 0 Å². The number of rotatable bonds is 3. The van der Waals surface area contributed by atoms with E-state index in [1.54, 1.807) is 0 Å². The number of piperidine rings is 1. The first-order chi connectivity index (χ1) is 8.65. The molecule has 0 aromatic heterocycles. The Labute approximate surface area is 129 Å². The van der Waals surface area contributed by atoms with E-state index in [4.69, 9.17) is 5.73 Å². The van der Waals surface area contributed by atoms with Crippen LogP contribution in [-0.4, -0.2) is 29.9 Å². The molecule has 1 fully saturated rings. The van der Waals surface area contributed by atoms with Gasteiger partial charge in [-0.1, -0.05) is 28.1 Å². The van der Waals surface area contributed by atoms with Crippen molar-refractivity contribution in [3.8, 4) is 0 Å². The minimum atomic E-state index is 0. The number of aryl methyl sites for hydroxylation is 1. The predicted molar refractivity (Wildman–Crippen MR) is 83.5 cm³/mol. The Balaban J connectivity index is 0.00000180. The monoisotopic (exact) mass is 346 g/mol. The molecule has 5 heteroatoms. The molecule has 0 bridgehead atoms. The summed E-state index contributed by atoms with van der Waals surface area (Å²) in [5.41, 5.74) is 7.04. The highest BCUT2D eigenvalue weighted by molar-refractivity contribution is 9.10. The summed E-state index contributed by atoms with van der Waals surface area (Å²) < 4.78 is 1.07. The van der Waals surface area contributed by atoms with Gasteiger partial charge < -0.3 is 10.6 Å². The second kappa shape index (κ2) is 7.88. The van der Waals surface area contributed by atoms with Gasteiger partial charge in [0.05, 0.1) is 0 Å². The maximum Gasteiger partial charge on any atom is 0.222 e. The van der Waals surface area contributed by atoms with Crippen molar-refractivity contribution < 1.29 is 4.79 Å². The maximum absolute atomic E-state index is 12.0. The van der Waals surface area contributed by atoms with Crippen LogP contribution >= 0.6 is 28.3 Å². The number of amides is 1. The molecular formula is C14H20BrClN2O. The molecule has 2 N–H and O–H groups in total. The molecular weight excluding hydrogens is 328 g/mol. The highest BCUT2D eigenvalue weighted by atomic mass is 79.9. The Morgan fingerprint density at radius 2 is 2.05 bits per heavy atom. The Bertz CT molecular complexity index is 420. The largest absolute Gasteiger partial charge is 0.343 e. The number of hydrogen-bond donors (Lipinski definition) is 1. The molecule has 19 heavy (non-hydrogen) atoms. The number of benzene rings is 1. The molecule has 1 aromatic carbocycles. The molecule has 0 unspecified atom stereocenters. The van der Waals surface area contributed by atoms with Crippen molar-refractivity contribution in [3.05, 3.63) is 34.3 Å². The maximum atomic E-state index is 12.0. The zero-order valence-electron chi connectivity index (χ0n) is 10.8. The smallest absolute Gasteiger partial charge is 0.222 e. The molecule has 106 valence electrons. The Morgan fingerprint density at radius 3 is 2.68 bits per heavy atom. The molecule has 0 spiro atoms. The van der Waals surface area contributed by atoms with Crippen molar-refractivity contribution >= 4 is 34.2 Å². The van der Waals surface area contributed by atoms with Gasteiger partial charge in [0.2, 0.25) is 5.91 Å². The molecule has 1 heterocycles. The first-order valence-electron chi connectivity index (χ1n) is 6.43. The summed E-state index contributed by atoms with van der Waals surface area (Å²) in [5, 5.41) is 0. The van der Waals surface area contributed by atoms with Crippen LogP contribution in [0.5, 0.6) is 0 Å². The molecule has 0 radical (unpaired) electrons. The second-order valence-electron chi connectivity index (χ2n) is 4.85. The van der Waals surface area contributed by atoms with E-state index < -0.39 is 0 Å². The van der Waals surface area contributed by atoms with E-state index in [9.17, 15) is 4.79 Å². The molecule has 1 saturated heterocycles. The SMILES string of the molecule is Cl.NC1CCN(C(=O)CCc2cccc(Br)c2)CC1. The summed E-state index contributed by atoms with van der Waals surface area (Å²) in [6.07, 6.45) is 3.26. The third kappa shape index (κ3) is 5.13. The van der Waals surface area contributed by atoms with Crippen molar-refractivity contribution in [2.45, 2.75) is 31.7 Å². The number of likely N-dealkylation sites (tertiary alicyclic amines) is 1. The van der Waals surface area contributed by atoms with Crippen molar-refractivity contribution in [1.29, 1.82) is 0 Å². The third-order valence-corrected chi connectivity index (χ3v) is 3.90. The van der Waals surface area contributed by atoms with Crippen LogP contribution in [0.2, 0.25) is 0 Å². The number of carbonyl (C=O) groups excluding carboxylic acids is 1. The van der Waals surface area contributed by atoms with Gasteiger partial charge in [-0.05, 0) is 37.0 Å². The van der Waals surface area contributed by atoms with Crippen LogP contribution < -0.4 is 5.73 Å². The molecule has 1 aliphatic heterocycles. The third-order valence-electron chi connectivity index (χ3n) is 3.41. The lowest BCUT2D eigenvalue weighted by atomic mass is 10.0. The second-order valence-corrected chi connectivity index (χ2v) is 5.76. The Morgan fingerprint density at radius 1 is 1.37 bits per heavy atom. The van der Waals surface area contributed by atoms with E-state index in [0.29, 0.717) is 6.42 Å². The topological polar surface area (TPSA) is 46.3 Å². The Kier molecular flexibility index (Phi) is 6.83. The van der Waals surface area contributed by atoms with Crippen molar-refractivity contribution in [2.24, 2.45) is 5.73 Å². The first kappa shape index (κ1) is 16.5. The highest BCUT2D eigenvalue weighted by Gasteiger charge is 2.19. The van der Waals surface area contributed by atoms with Crippen LogP contribution in [-0.2, 0) is 11.2 Å². The molecule has 1 aliphatic rings. The fraction of sp³-hybridized carbons (Fsp3) is 0.500. The lowest BCUT2D eigenvalue weighted by Gasteiger charge is -2.30. The van der Waals surface area contributed by atoms with Crippen LogP contribution in [0, 0.1) is 0 Å². The van der Waals surface area contributed by atoms with Crippen LogP contribution in [0.3, 0.4) is 0 Å².